The number of methoxy groups -OCH3 is 1. The highest BCUT2D eigenvalue weighted by Gasteiger charge is 2.20. The van der Waals surface area contributed by atoms with Crippen molar-refractivity contribution in [2.45, 2.75) is 45.6 Å². The van der Waals surface area contributed by atoms with Crippen molar-refractivity contribution in [1.82, 2.24) is 16.0 Å². The third-order valence-corrected chi connectivity index (χ3v) is 4.59. The second-order valence-electron chi connectivity index (χ2n) is 6.60. The fraction of sp³-hybridized carbons (Fsp3) is 0.600. The van der Waals surface area contributed by atoms with Crippen molar-refractivity contribution in [1.29, 1.82) is 0 Å². The first-order valence-electron chi connectivity index (χ1n) is 9.65. The number of carbonyl (C=O) groups excluding carboxylic acids is 1. The zero-order valence-electron chi connectivity index (χ0n) is 16.0. The number of benzene rings is 1. The molecule has 0 saturated heterocycles. The molecule has 26 heavy (non-hydrogen) atoms. The highest BCUT2D eigenvalue weighted by molar-refractivity contribution is 5.80. The van der Waals surface area contributed by atoms with Gasteiger partial charge in [-0.25, -0.2) is 4.99 Å². The number of ether oxygens (including phenoxy) is 1. The van der Waals surface area contributed by atoms with E-state index in [0.717, 1.165) is 36.7 Å². The Hall–Kier alpha value is -2.24. The lowest BCUT2D eigenvalue weighted by molar-refractivity contribution is -0.125. The molecular formula is C20H32N4O2. The number of hydrogen-bond donors (Lipinski definition) is 3. The molecule has 1 aliphatic rings. The molecule has 1 aromatic rings. The summed E-state index contributed by atoms with van der Waals surface area (Å²) < 4.78 is 5.24. The Morgan fingerprint density at radius 3 is 2.65 bits per heavy atom. The summed E-state index contributed by atoms with van der Waals surface area (Å²) in [5.41, 5.74) is 1.09. The molecule has 0 radical (unpaired) electrons. The van der Waals surface area contributed by atoms with Gasteiger partial charge in [-0.1, -0.05) is 31.4 Å². The second kappa shape index (κ2) is 11.4. The first-order chi connectivity index (χ1) is 12.7. The summed E-state index contributed by atoms with van der Waals surface area (Å²) in [6.45, 7) is 4.66. The zero-order valence-corrected chi connectivity index (χ0v) is 16.0. The van der Waals surface area contributed by atoms with Gasteiger partial charge in [-0.2, -0.15) is 0 Å². The van der Waals surface area contributed by atoms with Crippen LogP contribution >= 0.6 is 0 Å². The number of hydrogen-bond acceptors (Lipinski definition) is 3. The van der Waals surface area contributed by atoms with Gasteiger partial charge in [0, 0.05) is 25.6 Å². The van der Waals surface area contributed by atoms with E-state index in [1.165, 1.54) is 19.3 Å². The van der Waals surface area contributed by atoms with Crippen LogP contribution in [0.1, 0.15) is 44.6 Å². The van der Waals surface area contributed by atoms with Crippen LogP contribution in [0.4, 0.5) is 0 Å². The van der Waals surface area contributed by atoms with Crippen molar-refractivity contribution in [3.05, 3.63) is 29.8 Å². The molecule has 1 aliphatic carbocycles. The van der Waals surface area contributed by atoms with Gasteiger partial charge in [-0.15, -0.1) is 0 Å². The maximum absolute atomic E-state index is 12.1. The quantitative estimate of drug-likeness (QED) is 0.378. The minimum absolute atomic E-state index is 0.199. The van der Waals surface area contributed by atoms with E-state index in [0.29, 0.717) is 19.6 Å². The lowest BCUT2D eigenvalue weighted by Gasteiger charge is -2.21. The van der Waals surface area contributed by atoms with Gasteiger partial charge in [0.2, 0.25) is 5.91 Å². The normalized spacial score (nSPS) is 15.4. The second-order valence-corrected chi connectivity index (χ2v) is 6.60. The van der Waals surface area contributed by atoms with E-state index in [1.807, 2.05) is 31.2 Å². The average molecular weight is 361 g/mol. The van der Waals surface area contributed by atoms with E-state index in [1.54, 1.807) is 7.11 Å². The van der Waals surface area contributed by atoms with Gasteiger partial charge in [0.15, 0.2) is 5.96 Å². The topological polar surface area (TPSA) is 74.8 Å². The van der Waals surface area contributed by atoms with Crippen molar-refractivity contribution >= 4 is 11.9 Å². The van der Waals surface area contributed by atoms with E-state index in [2.05, 4.69) is 20.9 Å². The van der Waals surface area contributed by atoms with E-state index in [4.69, 9.17) is 4.74 Å². The first-order valence-corrected chi connectivity index (χ1v) is 9.65. The monoisotopic (exact) mass is 360 g/mol. The maximum Gasteiger partial charge on any atom is 0.223 e. The molecule has 0 aromatic heterocycles. The number of guanidine groups is 1. The van der Waals surface area contributed by atoms with Gasteiger partial charge >= 0.3 is 0 Å². The Labute approximate surface area is 156 Å². The van der Waals surface area contributed by atoms with Gasteiger partial charge in [-0.05, 0) is 37.5 Å². The smallest absolute Gasteiger partial charge is 0.223 e. The molecule has 0 atom stereocenters. The van der Waals surface area contributed by atoms with Crippen LogP contribution in [0.5, 0.6) is 5.75 Å². The van der Waals surface area contributed by atoms with Gasteiger partial charge in [-0.3, -0.25) is 4.79 Å². The summed E-state index contributed by atoms with van der Waals surface area (Å²) >= 11 is 0. The van der Waals surface area contributed by atoms with E-state index in [9.17, 15) is 4.79 Å². The molecule has 0 bridgehead atoms. The number of nitrogens with zero attached hydrogens (tertiary/aromatic N) is 1. The lowest BCUT2D eigenvalue weighted by atomic mass is 9.89. The Morgan fingerprint density at radius 2 is 1.92 bits per heavy atom. The Balaban J connectivity index is 1.75. The molecule has 0 aliphatic heterocycles. The summed E-state index contributed by atoms with van der Waals surface area (Å²) in [4.78, 5) is 16.7. The fourth-order valence-electron chi connectivity index (χ4n) is 3.16. The van der Waals surface area contributed by atoms with Crippen molar-refractivity contribution in [2.24, 2.45) is 10.9 Å². The maximum atomic E-state index is 12.1. The fourth-order valence-corrected chi connectivity index (χ4v) is 3.16. The largest absolute Gasteiger partial charge is 0.497 e. The van der Waals surface area contributed by atoms with E-state index < -0.39 is 0 Å². The van der Waals surface area contributed by atoms with Gasteiger partial charge in [0.05, 0.1) is 13.7 Å². The van der Waals surface area contributed by atoms with Crippen molar-refractivity contribution in [3.8, 4) is 5.75 Å². The van der Waals surface area contributed by atoms with Crippen molar-refractivity contribution in [2.75, 3.05) is 26.7 Å². The Kier molecular flexibility index (Phi) is 8.79. The predicted octanol–water partition coefficient (Wildman–Crippen LogP) is 2.45. The molecule has 1 fully saturated rings. The Bertz CT molecular complexity index is 583. The summed E-state index contributed by atoms with van der Waals surface area (Å²) in [5.74, 6) is 1.99. The molecule has 144 valence electrons. The van der Waals surface area contributed by atoms with E-state index in [-0.39, 0.29) is 11.8 Å². The summed E-state index contributed by atoms with van der Waals surface area (Å²) in [6, 6.07) is 7.90. The molecule has 1 aromatic carbocycles. The van der Waals surface area contributed by atoms with Crippen LogP contribution in [0.15, 0.2) is 29.3 Å². The first kappa shape index (κ1) is 20.1. The summed E-state index contributed by atoms with van der Waals surface area (Å²) in [7, 11) is 1.66. The molecule has 6 heteroatoms. The van der Waals surface area contributed by atoms with Crippen LogP contribution in [-0.2, 0) is 11.3 Å². The molecule has 0 unspecified atom stereocenters. The van der Waals surface area contributed by atoms with Gasteiger partial charge in [0.1, 0.15) is 5.75 Å². The predicted molar refractivity (Wildman–Crippen MR) is 105 cm³/mol. The van der Waals surface area contributed by atoms with Crippen LogP contribution in [0, 0.1) is 5.92 Å². The third kappa shape index (κ3) is 6.94. The van der Waals surface area contributed by atoms with Crippen molar-refractivity contribution in [3.63, 3.8) is 0 Å². The number of aliphatic imine (C=N–C) groups is 1. The number of amides is 1. The Morgan fingerprint density at radius 1 is 1.15 bits per heavy atom. The molecule has 1 saturated carbocycles. The van der Waals surface area contributed by atoms with Gasteiger partial charge < -0.3 is 20.7 Å². The van der Waals surface area contributed by atoms with Crippen LogP contribution in [0.3, 0.4) is 0 Å². The summed E-state index contributed by atoms with van der Waals surface area (Å²) in [5, 5.41) is 9.54. The molecule has 0 heterocycles. The highest BCUT2D eigenvalue weighted by Crippen LogP contribution is 2.23. The minimum Gasteiger partial charge on any atom is -0.497 e. The van der Waals surface area contributed by atoms with Crippen LogP contribution < -0.4 is 20.7 Å². The molecular weight excluding hydrogens is 328 g/mol. The van der Waals surface area contributed by atoms with Crippen molar-refractivity contribution < 1.29 is 9.53 Å². The summed E-state index contributed by atoms with van der Waals surface area (Å²) in [6.07, 6.45) is 5.69. The zero-order chi connectivity index (χ0) is 18.6. The SMILES string of the molecule is CCNC(=NCc1cccc(OC)c1)NCCNC(=O)C1CCCCC1. The van der Waals surface area contributed by atoms with Crippen LogP contribution in [0.25, 0.3) is 0 Å². The van der Waals surface area contributed by atoms with Crippen LogP contribution in [-0.4, -0.2) is 38.6 Å². The molecule has 3 N–H and O–H groups in total. The number of rotatable bonds is 8. The lowest BCUT2D eigenvalue weighted by Crippen LogP contribution is -2.42. The molecule has 2 rings (SSSR count). The minimum atomic E-state index is 0.199. The number of carbonyl (C=O) groups is 1. The average Bonchev–Trinajstić information content (AvgIpc) is 2.69. The third-order valence-electron chi connectivity index (χ3n) is 4.59. The molecule has 6 nitrogen and oxygen atoms in total. The standard InChI is InChI=1S/C20H32N4O2/c1-3-21-20(24-15-16-8-7-11-18(14-16)26-2)23-13-12-22-19(25)17-9-5-4-6-10-17/h7-8,11,14,17H,3-6,9-10,12-13,15H2,1-2H3,(H,22,25)(H2,21,23,24). The highest BCUT2D eigenvalue weighted by atomic mass is 16.5. The number of nitrogens with one attached hydrogen (secondary N) is 3. The van der Waals surface area contributed by atoms with Gasteiger partial charge in [0.25, 0.3) is 0 Å². The molecule has 1 amide bonds. The van der Waals surface area contributed by atoms with Crippen LogP contribution in [0.2, 0.25) is 0 Å². The molecule has 0 spiro atoms. The van der Waals surface area contributed by atoms with E-state index >= 15 is 0 Å².